The van der Waals surface area contributed by atoms with Gasteiger partial charge in [-0.1, -0.05) is 252 Å². The van der Waals surface area contributed by atoms with Gasteiger partial charge in [0.15, 0.2) is 0 Å². The number of rotatable bonds is 44. The Morgan fingerprint density at radius 3 is 1.00 bits per heavy atom. The Morgan fingerprint density at radius 1 is 0.319 bits per heavy atom. The summed E-state index contributed by atoms with van der Waals surface area (Å²) in [4.78, 5) is 0. The Labute approximate surface area is 448 Å². The highest BCUT2D eigenvalue weighted by molar-refractivity contribution is 5.84. The van der Waals surface area contributed by atoms with Crippen molar-refractivity contribution in [1.29, 1.82) is 0 Å². The zero-order chi connectivity index (χ0) is 51.5. The zero-order valence-electron chi connectivity index (χ0n) is 48.5. The van der Waals surface area contributed by atoms with Gasteiger partial charge in [0.1, 0.15) is 0 Å². The first-order valence-electron chi connectivity index (χ1n) is 31.7. The molecule has 1 heterocycles. The number of aryl methyl sites for hydroxylation is 4. The molecule has 0 saturated heterocycles. The van der Waals surface area contributed by atoms with E-state index in [2.05, 4.69) is 102 Å². The number of allylic oxidation sites excluding steroid dienone is 2. The van der Waals surface area contributed by atoms with Gasteiger partial charge in [0, 0.05) is 48.0 Å². The van der Waals surface area contributed by atoms with Crippen LogP contribution in [0.4, 0.5) is 0 Å². The van der Waals surface area contributed by atoms with Crippen LogP contribution in [0.25, 0.3) is 16.9 Å². The first-order valence-corrected chi connectivity index (χ1v) is 31.7. The summed E-state index contributed by atoms with van der Waals surface area (Å²) in [7, 11) is 0. The van der Waals surface area contributed by atoms with E-state index in [4.69, 9.17) is 0 Å². The maximum absolute atomic E-state index is 12.9. The molecule has 0 spiro atoms. The topological polar surface area (TPSA) is 25.3 Å². The van der Waals surface area contributed by atoms with Crippen molar-refractivity contribution < 1.29 is 4.70 Å². The van der Waals surface area contributed by atoms with Crippen LogP contribution in [0.15, 0.2) is 47.5 Å². The van der Waals surface area contributed by atoms with Crippen molar-refractivity contribution in [2.75, 3.05) is 0 Å². The fraction of sp³-hybridized carbons (Fsp3) is 0.714. The van der Waals surface area contributed by atoms with E-state index in [1.165, 1.54) is 250 Å². The number of unbranched alkanes of at least 4 members (excludes halogenated alkanes) is 31. The van der Waals surface area contributed by atoms with Crippen molar-refractivity contribution in [3.63, 3.8) is 0 Å². The molecular weight excluding hydrogens is 869 g/mol. The maximum atomic E-state index is 12.9. The standard InChI is InChI=1S/C70H112N2/c1-7-13-18-22-24-26-28-30-32-34-36-38-40-42-44-48-52-63-57-55-61(50-46-20-15-9-3)59-67(63)69-65(12-6)66(54-17-11-5)70(72(69)71)68-60-62(51-47-21-16-10-4)56-58-64(68)53-49-45-43-41-39-37-35-33-31-29-27-25-23-19-14-8-2/h55-60H,7-41,46-54H2,1-6H3. The van der Waals surface area contributed by atoms with E-state index in [0.29, 0.717) is 0 Å². The van der Waals surface area contributed by atoms with E-state index >= 15 is 0 Å². The molecule has 1 aliphatic rings. The molecule has 0 unspecified atom stereocenters. The molecule has 2 aromatic carbocycles. The van der Waals surface area contributed by atoms with Gasteiger partial charge in [0.05, 0.1) is 0 Å². The van der Waals surface area contributed by atoms with Crippen LogP contribution < -0.4 is 0 Å². The summed E-state index contributed by atoms with van der Waals surface area (Å²) >= 11 is 0. The minimum Gasteiger partial charge on any atom is -0.493 e. The van der Waals surface area contributed by atoms with Crippen LogP contribution in [0.1, 0.15) is 332 Å². The molecule has 402 valence electrons. The molecule has 0 aromatic heterocycles. The van der Waals surface area contributed by atoms with Crippen molar-refractivity contribution in [2.45, 2.75) is 324 Å². The lowest BCUT2D eigenvalue weighted by Crippen LogP contribution is -2.08. The average molecular weight is 982 g/mol. The SMILES string of the molecule is CCCCCCCCCCCCCCC#CCCc1ccc(CCCCCC)cc1C1=C(CC)C(CCCC)=C(c2cc(CCCCCC)ccc2CCC#CCCCCCCCCCCCCCC)[N+]1=[N-]. The van der Waals surface area contributed by atoms with Crippen molar-refractivity contribution in [2.24, 2.45) is 0 Å². The molecule has 0 bridgehead atoms. The van der Waals surface area contributed by atoms with E-state index < -0.39 is 0 Å². The Hall–Kier alpha value is -3.36. The Morgan fingerprint density at radius 2 is 0.639 bits per heavy atom. The monoisotopic (exact) mass is 981 g/mol. The summed E-state index contributed by atoms with van der Waals surface area (Å²) in [5, 5.41) is 0. The van der Waals surface area contributed by atoms with Gasteiger partial charge in [-0.2, -0.15) is 0 Å². The Kier molecular flexibility index (Phi) is 37.5. The van der Waals surface area contributed by atoms with E-state index in [1.54, 1.807) is 4.70 Å². The third-order valence-corrected chi connectivity index (χ3v) is 15.6. The predicted octanol–water partition coefficient (Wildman–Crippen LogP) is 22.8. The van der Waals surface area contributed by atoms with Gasteiger partial charge in [-0.25, -0.2) is 4.70 Å². The lowest BCUT2D eigenvalue weighted by molar-refractivity contribution is -0.345. The second kappa shape index (κ2) is 42.9. The molecule has 2 aromatic rings. The van der Waals surface area contributed by atoms with Gasteiger partial charge in [-0.3, -0.25) is 0 Å². The van der Waals surface area contributed by atoms with E-state index in [9.17, 15) is 5.53 Å². The first-order chi connectivity index (χ1) is 35.5. The quantitative estimate of drug-likeness (QED) is 0.0359. The summed E-state index contributed by atoms with van der Waals surface area (Å²) in [5.74, 6) is 14.3. The highest BCUT2D eigenvalue weighted by Crippen LogP contribution is 2.46. The molecular formula is C70H112N2. The molecule has 3 rings (SSSR count). The predicted molar refractivity (Wildman–Crippen MR) is 319 cm³/mol. The lowest BCUT2D eigenvalue weighted by atomic mass is 9.89. The van der Waals surface area contributed by atoms with Gasteiger partial charge in [-0.05, 0) is 105 Å². The van der Waals surface area contributed by atoms with Gasteiger partial charge >= 0.3 is 0 Å². The lowest BCUT2D eigenvalue weighted by Gasteiger charge is -2.16. The van der Waals surface area contributed by atoms with Crippen LogP contribution in [-0.2, 0) is 25.7 Å². The van der Waals surface area contributed by atoms with Gasteiger partial charge in [-0.15, -0.1) is 23.7 Å². The van der Waals surface area contributed by atoms with Gasteiger partial charge in [0.25, 0.3) is 0 Å². The van der Waals surface area contributed by atoms with Crippen LogP contribution in [0.2, 0.25) is 0 Å². The third kappa shape index (κ3) is 26.2. The molecule has 0 atom stereocenters. The molecule has 0 radical (unpaired) electrons. The first kappa shape index (κ1) is 62.9. The van der Waals surface area contributed by atoms with Gasteiger partial charge < -0.3 is 5.53 Å². The van der Waals surface area contributed by atoms with Crippen LogP contribution >= 0.6 is 0 Å². The molecule has 72 heavy (non-hydrogen) atoms. The minimum absolute atomic E-state index is 0.856. The fourth-order valence-electron chi connectivity index (χ4n) is 11.0. The highest BCUT2D eigenvalue weighted by atomic mass is 15.2. The summed E-state index contributed by atoms with van der Waals surface area (Å²) in [6.07, 6.45) is 54.9. The summed E-state index contributed by atoms with van der Waals surface area (Å²) in [6.45, 7) is 13.8. The normalized spacial score (nSPS) is 12.5. The summed E-state index contributed by atoms with van der Waals surface area (Å²) in [5.41, 5.74) is 25.5. The van der Waals surface area contributed by atoms with E-state index in [0.717, 1.165) is 88.4 Å². The van der Waals surface area contributed by atoms with Crippen LogP contribution in [-0.4, -0.2) is 4.70 Å². The molecule has 2 heteroatoms. The second-order valence-electron chi connectivity index (χ2n) is 22.0. The molecule has 0 fully saturated rings. The number of benzene rings is 2. The zero-order valence-corrected chi connectivity index (χ0v) is 48.5. The minimum atomic E-state index is 0.856. The van der Waals surface area contributed by atoms with Crippen molar-refractivity contribution >= 4 is 11.4 Å². The fourth-order valence-corrected chi connectivity index (χ4v) is 11.0. The molecule has 0 aliphatic carbocycles. The van der Waals surface area contributed by atoms with Crippen LogP contribution in [0.5, 0.6) is 0 Å². The van der Waals surface area contributed by atoms with E-state index in [-0.39, 0.29) is 0 Å². The Balaban J connectivity index is 1.78. The molecule has 1 aliphatic heterocycles. The summed E-state index contributed by atoms with van der Waals surface area (Å²) < 4.78 is 1.67. The van der Waals surface area contributed by atoms with Crippen LogP contribution in [0.3, 0.4) is 0 Å². The molecule has 2 nitrogen and oxygen atoms in total. The second-order valence-corrected chi connectivity index (χ2v) is 22.0. The third-order valence-electron chi connectivity index (χ3n) is 15.6. The molecule has 0 N–H and O–H groups in total. The molecule has 0 amide bonds. The maximum Gasteiger partial charge on any atom is 0.211 e. The average Bonchev–Trinajstić information content (AvgIpc) is 3.68. The Bertz CT molecular complexity index is 1920. The smallest absolute Gasteiger partial charge is 0.211 e. The van der Waals surface area contributed by atoms with Crippen LogP contribution in [0, 0.1) is 23.7 Å². The largest absolute Gasteiger partial charge is 0.493 e. The number of hydrogen-bond acceptors (Lipinski definition) is 0. The summed E-state index contributed by atoms with van der Waals surface area (Å²) in [6, 6.07) is 14.4. The van der Waals surface area contributed by atoms with Crippen molar-refractivity contribution in [3.8, 4) is 23.7 Å². The van der Waals surface area contributed by atoms with Crippen molar-refractivity contribution in [1.82, 2.24) is 0 Å². The van der Waals surface area contributed by atoms with E-state index in [1.807, 2.05) is 0 Å². The number of hydrogen-bond donors (Lipinski definition) is 0. The molecule has 0 saturated carbocycles. The van der Waals surface area contributed by atoms with Crippen molar-refractivity contribution in [3.05, 3.63) is 86.5 Å². The van der Waals surface area contributed by atoms with Gasteiger partial charge in [0.2, 0.25) is 11.4 Å². The number of nitrogens with zero attached hydrogens (tertiary/aromatic N) is 2. The highest BCUT2D eigenvalue weighted by Gasteiger charge is 2.36.